The fourth-order valence-corrected chi connectivity index (χ4v) is 1.82. The van der Waals surface area contributed by atoms with Crippen molar-refractivity contribution in [1.82, 2.24) is 9.78 Å². The number of nitrogens with one attached hydrogen (secondary N) is 1. The summed E-state index contributed by atoms with van der Waals surface area (Å²) in [7, 11) is 1.46. The van der Waals surface area contributed by atoms with Gasteiger partial charge in [-0.15, -0.1) is 0 Å². The largest absolute Gasteiger partial charge is 0.477 e. The van der Waals surface area contributed by atoms with E-state index in [1.165, 1.54) is 13.1 Å². The Morgan fingerprint density at radius 1 is 1.35 bits per heavy atom. The van der Waals surface area contributed by atoms with E-state index in [0.717, 1.165) is 10.2 Å². The number of rotatable bonds is 3. The summed E-state index contributed by atoms with van der Waals surface area (Å²) in [5.41, 5.74) is 1.39. The van der Waals surface area contributed by atoms with Crippen LogP contribution in [0.3, 0.4) is 0 Å². The second-order valence-corrected chi connectivity index (χ2v) is 4.67. The number of amides is 1. The Hall–Kier alpha value is -2.34. The molecule has 7 heteroatoms. The van der Waals surface area contributed by atoms with Crippen LogP contribution < -0.4 is 5.32 Å². The predicted octanol–water partition coefficient (Wildman–Crippen LogP) is 2.33. The Bertz CT molecular complexity index is 694. The molecule has 0 aliphatic rings. The maximum atomic E-state index is 12.0. The lowest BCUT2D eigenvalue weighted by atomic mass is 10.2. The second kappa shape index (κ2) is 5.34. The molecule has 20 heavy (non-hydrogen) atoms. The standard InChI is InChI=1S/C13H12ClN3O3/c1-7-3-4-8(5-9(7)14)15-12(18)10-6-11(13(19)20)17(2)16-10/h3-6H,1-2H3,(H,15,18)(H,19,20). The molecule has 0 saturated heterocycles. The van der Waals surface area contributed by atoms with Gasteiger partial charge in [-0.3, -0.25) is 9.48 Å². The van der Waals surface area contributed by atoms with Crippen LogP contribution in [0.25, 0.3) is 0 Å². The minimum absolute atomic E-state index is 0.0293. The minimum atomic E-state index is -1.14. The molecule has 0 unspecified atom stereocenters. The molecule has 1 amide bonds. The quantitative estimate of drug-likeness (QED) is 0.909. The summed E-state index contributed by atoms with van der Waals surface area (Å²) in [5.74, 6) is -1.63. The molecule has 2 rings (SSSR count). The van der Waals surface area contributed by atoms with E-state index in [4.69, 9.17) is 16.7 Å². The van der Waals surface area contributed by atoms with Gasteiger partial charge >= 0.3 is 5.97 Å². The number of aryl methyl sites for hydroxylation is 2. The summed E-state index contributed by atoms with van der Waals surface area (Å²) in [5, 5.41) is 15.9. The van der Waals surface area contributed by atoms with Crippen molar-refractivity contribution in [3.63, 3.8) is 0 Å². The average Bonchev–Trinajstić information content (AvgIpc) is 2.76. The van der Waals surface area contributed by atoms with Crippen LogP contribution in [0.5, 0.6) is 0 Å². The molecule has 0 spiro atoms. The van der Waals surface area contributed by atoms with Crippen LogP contribution in [0.1, 0.15) is 26.5 Å². The Morgan fingerprint density at radius 3 is 2.60 bits per heavy atom. The molecule has 0 fully saturated rings. The topological polar surface area (TPSA) is 84.2 Å². The van der Waals surface area contributed by atoms with Crippen molar-refractivity contribution in [2.45, 2.75) is 6.92 Å². The number of anilines is 1. The Kier molecular flexibility index (Phi) is 3.76. The molecule has 1 heterocycles. The van der Waals surface area contributed by atoms with Crippen molar-refractivity contribution < 1.29 is 14.7 Å². The Morgan fingerprint density at radius 2 is 2.05 bits per heavy atom. The van der Waals surface area contributed by atoms with Crippen molar-refractivity contribution in [2.75, 3.05) is 5.32 Å². The molecule has 0 aliphatic heterocycles. The van der Waals surface area contributed by atoms with Crippen molar-refractivity contribution in [3.05, 3.63) is 46.2 Å². The first kappa shape index (κ1) is 14.1. The predicted molar refractivity (Wildman–Crippen MR) is 74.3 cm³/mol. The van der Waals surface area contributed by atoms with E-state index in [-0.39, 0.29) is 11.4 Å². The summed E-state index contributed by atoms with van der Waals surface area (Å²) in [4.78, 5) is 22.9. The molecule has 1 aromatic heterocycles. The summed E-state index contributed by atoms with van der Waals surface area (Å²) in [6.07, 6.45) is 0. The highest BCUT2D eigenvalue weighted by molar-refractivity contribution is 6.31. The number of nitrogens with zero attached hydrogens (tertiary/aromatic N) is 2. The number of aromatic nitrogens is 2. The van der Waals surface area contributed by atoms with Gasteiger partial charge in [0.2, 0.25) is 0 Å². The molecule has 2 aromatic rings. The lowest BCUT2D eigenvalue weighted by molar-refractivity contribution is 0.0685. The van der Waals surface area contributed by atoms with Crippen molar-refractivity contribution in [2.24, 2.45) is 7.05 Å². The highest BCUT2D eigenvalue weighted by Gasteiger charge is 2.17. The van der Waals surface area contributed by atoms with Gasteiger partial charge in [-0.05, 0) is 24.6 Å². The third kappa shape index (κ3) is 2.80. The van der Waals surface area contributed by atoms with Crippen LogP contribution in [-0.4, -0.2) is 26.8 Å². The molecule has 6 nitrogen and oxygen atoms in total. The first-order valence-electron chi connectivity index (χ1n) is 5.73. The molecule has 104 valence electrons. The highest BCUT2D eigenvalue weighted by Crippen LogP contribution is 2.20. The minimum Gasteiger partial charge on any atom is -0.477 e. The van der Waals surface area contributed by atoms with E-state index in [0.29, 0.717) is 10.7 Å². The number of carboxylic acid groups (broad SMARTS) is 1. The maximum Gasteiger partial charge on any atom is 0.354 e. The van der Waals surface area contributed by atoms with Crippen LogP contribution in [-0.2, 0) is 7.05 Å². The number of carboxylic acids is 1. The Labute approximate surface area is 120 Å². The molecule has 0 aliphatic carbocycles. The van der Waals surface area contributed by atoms with Gasteiger partial charge in [0, 0.05) is 23.8 Å². The fourth-order valence-electron chi connectivity index (χ4n) is 1.64. The van der Waals surface area contributed by atoms with Gasteiger partial charge in [0.1, 0.15) is 5.69 Å². The maximum absolute atomic E-state index is 12.0. The highest BCUT2D eigenvalue weighted by atomic mass is 35.5. The van der Waals surface area contributed by atoms with Gasteiger partial charge in [0.05, 0.1) is 0 Å². The number of benzene rings is 1. The van der Waals surface area contributed by atoms with E-state index in [1.807, 2.05) is 6.92 Å². The van der Waals surface area contributed by atoms with Gasteiger partial charge in [-0.25, -0.2) is 4.79 Å². The number of hydrogen-bond acceptors (Lipinski definition) is 3. The molecule has 2 N–H and O–H groups in total. The zero-order valence-electron chi connectivity index (χ0n) is 10.8. The van der Waals surface area contributed by atoms with E-state index < -0.39 is 11.9 Å². The third-order valence-corrected chi connectivity index (χ3v) is 3.17. The van der Waals surface area contributed by atoms with Crippen molar-refractivity contribution >= 4 is 29.2 Å². The molecular weight excluding hydrogens is 282 g/mol. The number of hydrogen-bond donors (Lipinski definition) is 2. The van der Waals surface area contributed by atoms with Crippen molar-refractivity contribution in [1.29, 1.82) is 0 Å². The number of aromatic carboxylic acids is 1. The smallest absolute Gasteiger partial charge is 0.354 e. The molecular formula is C13H12ClN3O3. The fraction of sp³-hybridized carbons (Fsp3) is 0.154. The summed E-state index contributed by atoms with van der Waals surface area (Å²) in [6.45, 7) is 1.85. The molecule has 0 radical (unpaired) electrons. The third-order valence-electron chi connectivity index (χ3n) is 2.76. The van der Waals surface area contributed by atoms with Crippen LogP contribution in [0.4, 0.5) is 5.69 Å². The SMILES string of the molecule is Cc1ccc(NC(=O)c2cc(C(=O)O)n(C)n2)cc1Cl. The van der Waals surface area contributed by atoms with Gasteiger partial charge in [0.25, 0.3) is 5.91 Å². The van der Waals surface area contributed by atoms with Gasteiger partial charge < -0.3 is 10.4 Å². The number of halogens is 1. The number of carbonyl (C=O) groups excluding carboxylic acids is 1. The van der Waals surface area contributed by atoms with Crippen molar-refractivity contribution in [3.8, 4) is 0 Å². The monoisotopic (exact) mass is 293 g/mol. The summed E-state index contributed by atoms with van der Waals surface area (Å²) < 4.78 is 1.14. The van der Waals surface area contributed by atoms with Crippen LogP contribution in [0.15, 0.2) is 24.3 Å². The number of carbonyl (C=O) groups is 2. The molecule has 1 aromatic carbocycles. The molecule has 0 atom stereocenters. The lowest BCUT2D eigenvalue weighted by Gasteiger charge is -2.05. The van der Waals surface area contributed by atoms with Crippen LogP contribution in [0.2, 0.25) is 5.02 Å². The van der Waals surface area contributed by atoms with Crippen LogP contribution in [0, 0.1) is 6.92 Å². The van der Waals surface area contributed by atoms with Gasteiger partial charge in [-0.1, -0.05) is 17.7 Å². The van der Waals surface area contributed by atoms with Gasteiger partial charge in [-0.2, -0.15) is 5.10 Å². The zero-order chi connectivity index (χ0) is 14.9. The average molecular weight is 294 g/mol. The molecule has 0 saturated carbocycles. The van der Waals surface area contributed by atoms with E-state index in [9.17, 15) is 9.59 Å². The second-order valence-electron chi connectivity index (χ2n) is 4.26. The first-order valence-corrected chi connectivity index (χ1v) is 6.11. The van der Waals surface area contributed by atoms with Crippen LogP contribution >= 0.6 is 11.6 Å². The summed E-state index contributed by atoms with van der Waals surface area (Å²) >= 11 is 5.97. The van der Waals surface area contributed by atoms with E-state index in [2.05, 4.69) is 10.4 Å². The zero-order valence-corrected chi connectivity index (χ0v) is 11.6. The van der Waals surface area contributed by atoms with E-state index >= 15 is 0 Å². The summed E-state index contributed by atoms with van der Waals surface area (Å²) in [6, 6.07) is 6.32. The van der Waals surface area contributed by atoms with E-state index in [1.54, 1.807) is 18.2 Å². The lowest BCUT2D eigenvalue weighted by Crippen LogP contribution is -2.13. The van der Waals surface area contributed by atoms with Gasteiger partial charge in [0.15, 0.2) is 5.69 Å². The first-order chi connectivity index (χ1) is 9.38. The molecule has 0 bridgehead atoms. The Balaban J connectivity index is 2.21. The normalized spacial score (nSPS) is 10.3.